The van der Waals surface area contributed by atoms with E-state index < -0.39 is 4.92 Å². The number of nitrogens with two attached hydrogens (primary N) is 1. The number of nitro benzene ring substituents is 1. The first-order valence-corrected chi connectivity index (χ1v) is 9.24. The number of nitrogens with zero attached hydrogens (tertiary/aromatic N) is 2. The number of benzene rings is 2. The van der Waals surface area contributed by atoms with Crippen molar-refractivity contribution in [1.82, 2.24) is 4.90 Å². The molecule has 1 heterocycles. The van der Waals surface area contributed by atoms with E-state index in [9.17, 15) is 14.9 Å². The van der Waals surface area contributed by atoms with E-state index in [1.165, 1.54) is 23.9 Å². The predicted octanol–water partition coefficient (Wildman–Crippen LogP) is 3.98. The van der Waals surface area contributed by atoms with Crippen LogP contribution in [0.15, 0.2) is 58.3 Å². The molecule has 1 amide bonds. The van der Waals surface area contributed by atoms with Crippen molar-refractivity contribution in [3.05, 3.63) is 64.2 Å². The second kappa shape index (κ2) is 8.73. The first-order chi connectivity index (χ1) is 12.4. The number of carbonyl (C=O) groups excluding carboxylic acids is 1. The smallest absolute Gasteiger partial charge is 0.270 e. The molecule has 144 valence electrons. The van der Waals surface area contributed by atoms with Crippen LogP contribution in [-0.2, 0) is 0 Å². The van der Waals surface area contributed by atoms with Crippen LogP contribution in [0.25, 0.3) is 0 Å². The molecule has 1 saturated heterocycles. The predicted molar refractivity (Wildman–Crippen MR) is 109 cm³/mol. The molecule has 3 rings (SSSR count). The number of nitro groups is 1. The minimum atomic E-state index is -0.471. The second-order valence-electron chi connectivity index (χ2n) is 6.84. The Labute approximate surface area is 168 Å². The second-order valence-corrected chi connectivity index (χ2v) is 7.96. The third-order valence-corrected chi connectivity index (χ3v) is 5.80. The van der Waals surface area contributed by atoms with Crippen LogP contribution in [0, 0.1) is 15.5 Å². The van der Waals surface area contributed by atoms with Gasteiger partial charge in [-0.05, 0) is 36.6 Å². The maximum atomic E-state index is 13.1. The summed E-state index contributed by atoms with van der Waals surface area (Å²) in [6.07, 6.45) is 0.839. The molecule has 2 aromatic rings. The molecule has 1 aliphatic rings. The Balaban J connectivity index is 0.00000261. The van der Waals surface area contributed by atoms with Gasteiger partial charge in [-0.15, -0.1) is 12.4 Å². The van der Waals surface area contributed by atoms with Crippen LogP contribution in [0.3, 0.4) is 0 Å². The lowest BCUT2D eigenvalue weighted by Crippen LogP contribution is -2.34. The molecule has 1 aliphatic heterocycles. The fourth-order valence-electron chi connectivity index (χ4n) is 3.04. The molecule has 6 nitrogen and oxygen atoms in total. The number of halogens is 1. The van der Waals surface area contributed by atoms with E-state index in [1.54, 1.807) is 11.0 Å². The zero-order chi connectivity index (χ0) is 18.7. The molecule has 0 spiro atoms. The largest absolute Gasteiger partial charge is 0.338 e. The van der Waals surface area contributed by atoms with Crippen molar-refractivity contribution in [3.63, 3.8) is 0 Å². The van der Waals surface area contributed by atoms with Gasteiger partial charge in [0.2, 0.25) is 0 Å². The molecule has 0 aromatic heterocycles. The summed E-state index contributed by atoms with van der Waals surface area (Å²) in [6, 6.07) is 14.1. The fraction of sp³-hybridized carbons (Fsp3) is 0.316. The lowest BCUT2D eigenvalue weighted by molar-refractivity contribution is -0.384. The van der Waals surface area contributed by atoms with Crippen molar-refractivity contribution in [2.75, 3.05) is 19.6 Å². The Morgan fingerprint density at radius 2 is 2.00 bits per heavy atom. The van der Waals surface area contributed by atoms with E-state index in [4.69, 9.17) is 5.73 Å². The molecule has 1 fully saturated rings. The average molecular weight is 408 g/mol. The minimum absolute atomic E-state index is 0. The fourth-order valence-corrected chi connectivity index (χ4v) is 3.98. The molecule has 2 aromatic carbocycles. The number of amides is 1. The summed E-state index contributed by atoms with van der Waals surface area (Å²) < 4.78 is 0. The molecular formula is C19H22ClN3O3S. The number of non-ortho nitro benzene ring substituents is 1. The molecule has 27 heavy (non-hydrogen) atoms. The lowest BCUT2D eigenvalue weighted by atomic mass is 9.90. The highest BCUT2D eigenvalue weighted by Gasteiger charge is 2.36. The number of hydrogen-bond acceptors (Lipinski definition) is 5. The molecule has 8 heteroatoms. The average Bonchev–Trinajstić information content (AvgIpc) is 3.05. The standard InChI is InChI=1S/C19H21N3O3S.ClH/c1-19(12-20)9-10-21(13-19)18(23)16-11-14(22(24)25)7-8-17(16)26-15-5-3-2-4-6-15;/h2-8,11H,9-10,12-13,20H2,1H3;1H. The lowest BCUT2D eigenvalue weighted by Gasteiger charge is -2.23. The quantitative estimate of drug-likeness (QED) is 0.598. The highest BCUT2D eigenvalue weighted by Crippen LogP contribution is 2.35. The molecule has 0 radical (unpaired) electrons. The maximum Gasteiger partial charge on any atom is 0.270 e. The third kappa shape index (κ3) is 4.80. The molecule has 0 saturated carbocycles. The van der Waals surface area contributed by atoms with Crippen LogP contribution in [0.5, 0.6) is 0 Å². The van der Waals surface area contributed by atoms with E-state index in [2.05, 4.69) is 6.92 Å². The van der Waals surface area contributed by atoms with Crippen molar-refractivity contribution < 1.29 is 9.72 Å². The Bertz CT molecular complexity index is 834. The van der Waals surface area contributed by atoms with Gasteiger partial charge in [-0.1, -0.05) is 36.9 Å². The summed E-state index contributed by atoms with van der Waals surface area (Å²) in [5.41, 5.74) is 6.03. The van der Waals surface area contributed by atoms with Gasteiger partial charge in [-0.2, -0.15) is 0 Å². The molecule has 2 N–H and O–H groups in total. The maximum absolute atomic E-state index is 13.1. The summed E-state index contributed by atoms with van der Waals surface area (Å²) in [5, 5.41) is 11.2. The van der Waals surface area contributed by atoms with Gasteiger partial charge in [0.25, 0.3) is 11.6 Å². The first-order valence-electron chi connectivity index (χ1n) is 8.42. The number of rotatable bonds is 5. The van der Waals surface area contributed by atoms with Gasteiger partial charge < -0.3 is 10.6 Å². The Morgan fingerprint density at radius 3 is 2.59 bits per heavy atom. The van der Waals surface area contributed by atoms with E-state index >= 15 is 0 Å². The van der Waals surface area contributed by atoms with Crippen LogP contribution < -0.4 is 5.73 Å². The molecule has 1 atom stereocenters. The third-order valence-electron chi connectivity index (χ3n) is 4.71. The van der Waals surface area contributed by atoms with Gasteiger partial charge in [0, 0.05) is 35.0 Å². The zero-order valence-corrected chi connectivity index (χ0v) is 16.6. The number of likely N-dealkylation sites (tertiary alicyclic amines) is 1. The van der Waals surface area contributed by atoms with Crippen LogP contribution >= 0.6 is 24.2 Å². The number of hydrogen-bond donors (Lipinski definition) is 1. The zero-order valence-electron chi connectivity index (χ0n) is 15.0. The Morgan fingerprint density at radius 1 is 1.30 bits per heavy atom. The van der Waals surface area contributed by atoms with Crippen molar-refractivity contribution in [3.8, 4) is 0 Å². The van der Waals surface area contributed by atoms with Crippen molar-refractivity contribution in [1.29, 1.82) is 0 Å². The van der Waals surface area contributed by atoms with Gasteiger partial charge in [-0.25, -0.2) is 0 Å². The van der Waals surface area contributed by atoms with Crippen LogP contribution in [0.1, 0.15) is 23.7 Å². The monoisotopic (exact) mass is 407 g/mol. The minimum Gasteiger partial charge on any atom is -0.338 e. The molecule has 0 bridgehead atoms. The molecule has 0 aliphatic carbocycles. The summed E-state index contributed by atoms with van der Waals surface area (Å²) >= 11 is 1.43. The topological polar surface area (TPSA) is 89.5 Å². The van der Waals surface area contributed by atoms with Gasteiger partial charge in [0.15, 0.2) is 0 Å². The SMILES string of the molecule is CC1(CN)CCN(C(=O)c2cc([N+](=O)[O-])ccc2Sc2ccccc2)C1.Cl. The van der Waals surface area contributed by atoms with Gasteiger partial charge in [0.1, 0.15) is 0 Å². The van der Waals surface area contributed by atoms with Crippen molar-refractivity contribution in [2.24, 2.45) is 11.1 Å². The van der Waals surface area contributed by atoms with E-state index in [0.717, 1.165) is 11.3 Å². The van der Waals surface area contributed by atoms with Crippen LogP contribution in [0.2, 0.25) is 0 Å². The summed E-state index contributed by atoms with van der Waals surface area (Å²) in [4.78, 5) is 27.2. The normalized spacial score (nSPS) is 18.8. The van der Waals surface area contributed by atoms with Gasteiger partial charge in [-0.3, -0.25) is 14.9 Å². The highest BCUT2D eigenvalue weighted by atomic mass is 35.5. The van der Waals surface area contributed by atoms with Gasteiger partial charge in [0.05, 0.1) is 10.5 Å². The van der Waals surface area contributed by atoms with Crippen LogP contribution in [-0.4, -0.2) is 35.4 Å². The highest BCUT2D eigenvalue weighted by molar-refractivity contribution is 7.99. The number of carbonyl (C=O) groups is 1. The molecule has 1 unspecified atom stereocenters. The summed E-state index contributed by atoms with van der Waals surface area (Å²) in [5.74, 6) is -0.177. The Hall–Kier alpha value is -2.09. The first kappa shape index (κ1) is 21.2. The van der Waals surface area contributed by atoms with E-state index in [0.29, 0.717) is 30.1 Å². The van der Waals surface area contributed by atoms with Gasteiger partial charge >= 0.3 is 0 Å². The van der Waals surface area contributed by atoms with E-state index in [-0.39, 0.29) is 29.4 Å². The van der Waals surface area contributed by atoms with E-state index in [1.807, 2.05) is 30.3 Å². The molecular weight excluding hydrogens is 386 g/mol. The Kier molecular flexibility index (Phi) is 6.86. The van der Waals surface area contributed by atoms with Crippen LogP contribution in [0.4, 0.5) is 5.69 Å². The summed E-state index contributed by atoms with van der Waals surface area (Å²) in [6.45, 7) is 3.76. The van der Waals surface area contributed by atoms with Crippen molar-refractivity contribution in [2.45, 2.75) is 23.1 Å². The van der Waals surface area contributed by atoms with Crippen molar-refractivity contribution >= 4 is 35.8 Å². The summed E-state index contributed by atoms with van der Waals surface area (Å²) in [7, 11) is 0.